The van der Waals surface area contributed by atoms with Gasteiger partial charge in [0.25, 0.3) is 0 Å². The molecular formula is C21H35O8. The summed E-state index contributed by atoms with van der Waals surface area (Å²) in [4.78, 5) is 38.6. The molecule has 8 nitrogen and oxygen atoms in total. The molecule has 0 amide bonds. The van der Waals surface area contributed by atoms with Gasteiger partial charge in [-0.05, 0) is 39.5 Å². The number of aldehydes is 2. The minimum Gasteiger partial charge on any atom is -0.479 e. The van der Waals surface area contributed by atoms with Gasteiger partial charge in [0.1, 0.15) is 12.6 Å². The van der Waals surface area contributed by atoms with Crippen molar-refractivity contribution in [2.45, 2.75) is 84.2 Å². The van der Waals surface area contributed by atoms with Crippen molar-refractivity contribution in [3.8, 4) is 0 Å². The molecule has 0 heterocycles. The Bertz CT molecular complexity index is 424. The van der Waals surface area contributed by atoms with Gasteiger partial charge < -0.3 is 29.6 Å². The Morgan fingerprint density at radius 2 is 1.55 bits per heavy atom. The van der Waals surface area contributed by atoms with Crippen LogP contribution < -0.4 is 0 Å². The molecule has 0 bridgehead atoms. The summed E-state index contributed by atoms with van der Waals surface area (Å²) in [6, 6.07) is 0. The number of carboxylic acids is 1. The van der Waals surface area contributed by atoms with E-state index in [-0.39, 0.29) is 6.10 Å². The second-order valence-electron chi connectivity index (χ2n) is 7.31. The number of rotatable bonds is 6. The number of carbonyl (C=O) groups is 3. The maximum Gasteiger partial charge on any atom is 0.414 e. The summed E-state index contributed by atoms with van der Waals surface area (Å²) in [6.45, 7) is 5.88. The molecule has 0 aliphatic heterocycles. The fraction of sp³-hybridized carbons (Fsp3) is 0.714. The largest absolute Gasteiger partial charge is 0.479 e. The standard InChI is InChI=1S/C8H13O2.C7H12O.C5H9O3.CHO2/c9-6-8(7-10)4-2-1-3-5-8;8-6-7-4-2-1-3-5-7;1-4(2)8-3-5(6)7;2-1-3/h6-7,9H,1-5H2;6-7H,1-5H2;3-4H,1-2H3,(H,6,7);(H,2,3). The average Bonchev–Trinajstić information content (AvgIpc) is 2.75. The minimum absolute atomic E-state index is 0.0499. The topological polar surface area (TPSA) is 138 Å². The molecule has 0 spiro atoms. The monoisotopic (exact) mass is 415 g/mol. The zero-order valence-electron chi connectivity index (χ0n) is 17.4. The Kier molecular flexibility index (Phi) is 19.8. The van der Waals surface area contributed by atoms with E-state index in [1.807, 2.05) is 0 Å². The first-order chi connectivity index (χ1) is 13.8. The maximum absolute atomic E-state index is 10.5. The van der Waals surface area contributed by atoms with Gasteiger partial charge in [0, 0.05) is 5.92 Å². The van der Waals surface area contributed by atoms with Crippen LogP contribution in [0.5, 0.6) is 0 Å². The normalized spacial score (nSPS) is 17.8. The summed E-state index contributed by atoms with van der Waals surface area (Å²) in [7, 11) is 0. The first-order valence-corrected chi connectivity index (χ1v) is 9.93. The van der Waals surface area contributed by atoms with Gasteiger partial charge in [-0.3, -0.25) is 0 Å². The molecule has 2 aliphatic rings. The third-order valence-electron chi connectivity index (χ3n) is 4.56. The third kappa shape index (κ3) is 18.0. The van der Waals surface area contributed by atoms with E-state index in [0.29, 0.717) is 12.4 Å². The van der Waals surface area contributed by atoms with Crippen molar-refractivity contribution >= 4 is 25.0 Å². The lowest BCUT2D eigenvalue weighted by atomic mass is 9.76. The smallest absolute Gasteiger partial charge is 0.414 e. The van der Waals surface area contributed by atoms with Crippen molar-refractivity contribution < 1.29 is 39.2 Å². The van der Waals surface area contributed by atoms with E-state index in [2.05, 4.69) is 4.74 Å². The molecule has 0 aromatic carbocycles. The fourth-order valence-corrected chi connectivity index (χ4v) is 2.95. The molecule has 0 saturated heterocycles. The summed E-state index contributed by atoms with van der Waals surface area (Å²) < 4.78 is 4.58. The third-order valence-corrected chi connectivity index (χ3v) is 4.56. The molecule has 2 fully saturated rings. The number of aliphatic carboxylic acids is 1. The molecule has 2 rings (SSSR count). The van der Waals surface area contributed by atoms with Crippen LogP contribution in [0.4, 0.5) is 0 Å². The molecule has 8 heteroatoms. The summed E-state index contributed by atoms with van der Waals surface area (Å²) in [5.74, 6) is -0.637. The van der Waals surface area contributed by atoms with Gasteiger partial charge in [-0.1, -0.05) is 38.5 Å². The van der Waals surface area contributed by atoms with Gasteiger partial charge in [-0.2, -0.15) is 0 Å². The molecule has 0 unspecified atom stereocenters. The lowest BCUT2D eigenvalue weighted by Gasteiger charge is -2.28. The Morgan fingerprint density at radius 1 is 1.07 bits per heavy atom. The molecule has 29 heavy (non-hydrogen) atoms. The highest BCUT2D eigenvalue weighted by Crippen LogP contribution is 2.35. The van der Waals surface area contributed by atoms with E-state index < -0.39 is 11.4 Å². The molecule has 2 aliphatic carbocycles. The van der Waals surface area contributed by atoms with E-state index >= 15 is 0 Å². The molecule has 0 aromatic rings. The molecule has 3 radical (unpaired) electrons. The Balaban J connectivity index is 0. The number of carboxylic acid groups (broad SMARTS) is 1. The molecule has 2 saturated carbocycles. The summed E-state index contributed by atoms with van der Waals surface area (Å²) in [5, 5.41) is 23.5. The van der Waals surface area contributed by atoms with Crippen molar-refractivity contribution in [3.05, 3.63) is 13.2 Å². The van der Waals surface area contributed by atoms with Crippen LogP contribution in [0.25, 0.3) is 0 Å². The number of ether oxygens (including phenoxy) is 1. The fourth-order valence-electron chi connectivity index (χ4n) is 2.95. The highest BCUT2D eigenvalue weighted by atomic mass is 16.5. The highest BCUT2D eigenvalue weighted by Gasteiger charge is 2.31. The number of hydrogen-bond donors (Lipinski definition) is 3. The number of hydrogen-bond acceptors (Lipinski definition) is 6. The van der Waals surface area contributed by atoms with Crippen LogP contribution in [0.15, 0.2) is 0 Å². The second kappa shape index (κ2) is 19.5. The molecule has 0 atom stereocenters. The van der Waals surface area contributed by atoms with Crippen molar-refractivity contribution in [3.63, 3.8) is 0 Å². The molecule has 0 aromatic heterocycles. The Morgan fingerprint density at radius 3 is 1.79 bits per heavy atom. The van der Waals surface area contributed by atoms with Crippen LogP contribution in [-0.2, 0) is 23.9 Å². The predicted octanol–water partition coefficient (Wildman–Crippen LogP) is 3.71. The van der Waals surface area contributed by atoms with Crippen LogP contribution in [0.1, 0.15) is 78.1 Å². The summed E-state index contributed by atoms with van der Waals surface area (Å²) >= 11 is 0. The second-order valence-corrected chi connectivity index (χ2v) is 7.31. The molecular weight excluding hydrogens is 380 g/mol. The lowest BCUT2D eigenvalue weighted by molar-refractivity contribution is -0.138. The van der Waals surface area contributed by atoms with Crippen molar-refractivity contribution in [1.29, 1.82) is 0 Å². The van der Waals surface area contributed by atoms with E-state index in [9.17, 15) is 14.4 Å². The van der Waals surface area contributed by atoms with Crippen LogP contribution in [0, 0.1) is 24.5 Å². The van der Waals surface area contributed by atoms with Crippen LogP contribution in [-0.4, -0.2) is 46.4 Å². The van der Waals surface area contributed by atoms with Gasteiger partial charge in [0.2, 0.25) is 0 Å². The Labute approximate surface area is 173 Å². The number of carbonyl (C=O) groups excluding carboxylic acids is 2. The van der Waals surface area contributed by atoms with E-state index in [1.54, 1.807) is 13.8 Å². The van der Waals surface area contributed by atoms with Crippen molar-refractivity contribution in [2.75, 3.05) is 0 Å². The zero-order valence-corrected chi connectivity index (χ0v) is 17.4. The van der Waals surface area contributed by atoms with Crippen molar-refractivity contribution in [1.82, 2.24) is 0 Å². The first kappa shape index (κ1) is 29.4. The summed E-state index contributed by atoms with van der Waals surface area (Å²) in [6.07, 6.45) is 13.1. The molecule has 3 N–H and O–H groups in total. The zero-order chi connectivity index (χ0) is 22.5. The summed E-state index contributed by atoms with van der Waals surface area (Å²) in [5.41, 5.74) is -0.488. The van der Waals surface area contributed by atoms with E-state index in [4.69, 9.17) is 20.1 Å². The quantitative estimate of drug-likeness (QED) is 0.558. The maximum atomic E-state index is 10.5. The highest BCUT2D eigenvalue weighted by molar-refractivity contribution is 5.74. The molecule has 167 valence electrons. The van der Waals surface area contributed by atoms with Gasteiger partial charge in [0.05, 0.1) is 18.1 Å². The van der Waals surface area contributed by atoms with Crippen LogP contribution >= 0.6 is 0 Å². The van der Waals surface area contributed by atoms with Gasteiger partial charge in [-0.15, -0.1) is 0 Å². The first-order valence-electron chi connectivity index (χ1n) is 9.93. The average molecular weight is 416 g/mol. The van der Waals surface area contributed by atoms with E-state index in [0.717, 1.165) is 64.3 Å². The van der Waals surface area contributed by atoms with E-state index in [1.165, 1.54) is 25.7 Å². The van der Waals surface area contributed by atoms with Crippen LogP contribution in [0.2, 0.25) is 0 Å². The lowest BCUT2D eigenvalue weighted by Crippen LogP contribution is -2.25. The van der Waals surface area contributed by atoms with Gasteiger partial charge in [-0.25, -0.2) is 9.59 Å². The number of aliphatic hydroxyl groups excluding tert-OH is 2. The predicted molar refractivity (Wildman–Crippen MR) is 107 cm³/mol. The number of aliphatic hydroxyl groups is 1. The van der Waals surface area contributed by atoms with Gasteiger partial charge in [0.15, 0.2) is 6.61 Å². The minimum atomic E-state index is -1.04. The SMILES string of the molecule is CC(C)O[CH]C(=O)O.O=CC1([CH]O)CCCCC1.O=CC1CCCCC1.O=[C]O. The van der Waals surface area contributed by atoms with Gasteiger partial charge >= 0.3 is 12.4 Å². The Hall–Kier alpha value is -1.80. The van der Waals surface area contributed by atoms with Crippen molar-refractivity contribution in [2.24, 2.45) is 11.3 Å². The van der Waals surface area contributed by atoms with Crippen LogP contribution in [0.3, 0.4) is 0 Å².